The second kappa shape index (κ2) is 8.78. The number of rotatable bonds is 4. The highest BCUT2D eigenvalue weighted by Gasteiger charge is 2.27. The summed E-state index contributed by atoms with van der Waals surface area (Å²) < 4.78 is 0. The van der Waals surface area contributed by atoms with Gasteiger partial charge in [0.2, 0.25) is 5.91 Å². The van der Waals surface area contributed by atoms with Crippen molar-refractivity contribution in [3.05, 3.63) is 23.3 Å². The standard InChI is InChI=1S/C20H31N5O2/c1-15-17(20(27)25-10-5-4-6-11-25)12-21-19(22-15)16-8-7-9-24(13-16)14-18(26)23(2)3/h12,16H,4-11,13-14H2,1-3H3. The molecule has 0 aliphatic carbocycles. The van der Waals surface area contributed by atoms with Crippen LogP contribution in [0, 0.1) is 6.92 Å². The van der Waals surface area contributed by atoms with Crippen LogP contribution >= 0.6 is 0 Å². The van der Waals surface area contributed by atoms with Gasteiger partial charge in [0.25, 0.3) is 5.91 Å². The highest BCUT2D eigenvalue weighted by Crippen LogP contribution is 2.25. The molecule has 3 rings (SSSR count). The predicted octanol–water partition coefficient (Wildman–Crippen LogP) is 1.68. The van der Waals surface area contributed by atoms with E-state index in [2.05, 4.69) is 14.9 Å². The maximum Gasteiger partial charge on any atom is 0.257 e. The predicted molar refractivity (Wildman–Crippen MR) is 104 cm³/mol. The fraction of sp³-hybridized carbons (Fsp3) is 0.700. The quantitative estimate of drug-likeness (QED) is 0.803. The second-order valence-corrected chi connectivity index (χ2v) is 7.94. The van der Waals surface area contributed by atoms with Crippen LogP contribution in [0.2, 0.25) is 0 Å². The molecule has 0 spiro atoms. The first kappa shape index (κ1) is 19.7. The fourth-order valence-electron chi connectivity index (χ4n) is 3.90. The molecule has 2 fully saturated rings. The molecular weight excluding hydrogens is 342 g/mol. The van der Waals surface area contributed by atoms with E-state index in [1.54, 1.807) is 25.2 Å². The van der Waals surface area contributed by atoms with Gasteiger partial charge in [-0.3, -0.25) is 14.5 Å². The molecule has 148 valence electrons. The molecule has 0 radical (unpaired) electrons. The molecule has 1 unspecified atom stereocenters. The van der Waals surface area contributed by atoms with Crippen LogP contribution in [0.1, 0.15) is 59.9 Å². The molecule has 1 aromatic heterocycles. The van der Waals surface area contributed by atoms with Gasteiger partial charge in [-0.25, -0.2) is 9.97 Å². The van der Waals surface area contributed by atoms with E-state index in [1.807, 2.05) is 11.8 Å². The molecule has 2 amide bonds. The number of nitrogens with zero attached hydrogens (tertiary/aromatic N) is 5. The Morgan fingerprint density at radius 3 is 2.56 bits per heavy atom. The molecule has 27 heavy (non-hydrogen) atoms. The fourth-order valence-corrected chi connectivity index (χ4v) is 3.90. The third-order valence-electron chi connectivity index (χ3n) is 5.60. The molecule has 0 aromatic carbocycles. The van der Waals surface area contributed by atoms with Crippen molar-refractivity contribution in [1.82, 2.24) is 24.7 Å². The number of piperidine rings is 2. The van der Waals surface area contributed by atoms with Crippen LogP contribution < -0.4 is 0 Å². The van der Waals surface area contributed by atoms with Crippen molar-refractivity contribution in [1.29, 1.82) is 0 Å². The van der Waals surface area contributed by atoms with Crippen molar-refractivity contribution in [2.24, 2.45) is 0 Å². The van der Waals surface area contributed by atoms with E-state index in [0.717, 1.165) is 63.4 Å². The monoisotopic (exact) mass is 373 g/mol. The summed E-state index contributed by atoms with van der Waals surface area (Å²) in [5.41, 5.74) is 1.38. The van der Waals surface area contributed by atoms with Crippen LogP contribution in [0.3, 0.4) is 0 Å². The normalized spacial score (nSPS) is 21.1. The smallest absolute Gasteiger partial charge is 0.257 e. The topological polar surface area (TPSA) is 69.6 Å². The number of hydrogen-bond acceptors (Lipinski definition) is 5. The number of carbonyl (C=O) groups is 2. The first-order valence-corrected chi connectivity index (χ1v) is 10.0. The van der Waals surface area contributed by atoms with Crippen LogP contribution in [0.4, 0.5) is 0 Å². The lowest BCUT2D eigenvalue weighted by Crippen LogP contribution is -2.42. The Labute approximate surface area is 161 Å². The molecular formula is C20H31N5O2. The number of aryl methyl sites for hydroxylation is 1. The zero-order valence-electron chi connectivity index (χ0n) is 16.8. The van der Waals surface area contributed by atoms with Crippen molar-refractivity contribution >= 4 is 11.8 Å². The second-order valence-electron chi connectivity index (χ2n) is 7.94. The summed E-state index contributed by atoms with van der Waals surface area (Å²) in [6.45, 7) is 5.72. The number of carbonyl (C=O) groups excluding carboxylic acids is 2. The summed E-state index contributed by atoms with van der Waals surface area (Å²) in [4.78, 5) is 39.7. The minimum atomic E-state index is 0.0561. The van der Waals surface area contributed by atoms with Crippen LogP contribution in [0.15, 0.2) is 6.20 Å². The van der Waals surface area contributed by atoms with Gasteiger partial charge in [-0.05, 0) is 45.6 Å². The van der Waals surface area contributed by atoms with E-state index in [1.165, 1.54) is 6.42 Å². The van der Waals surface area contributed by atoms with Gasteiger partial charge < -0.3 is 9.80 Å². The summed E-state index contributed by atoms with van der Waals surface area (Å²) in [5.74, 6) is 1.19. The average Bonchev–Trinajstić information content (AvgIpc) is 2.68. The molecule has 0 bridgehead atoms. The van der Waals surface area contributed by atoms with Gasteiger partial charge in [-0.2, -0.15) is 0 Å². The van der Waals surface area contributed by atoms with Gasteiger partial charge in [0.05, 0.1) is 17.8 Å². The molecule has 1 aromatic rings. The number of amides is 2. The van der Waals surface area contributed by atoms with Crippen LogP contribution in [-0.4, -0.2) is 83.3 Å². The third kappa shape index (κ3) is 4.83. The Hall–Kier alpha value is -2.02. The van der Waals surface area contributed by atoms with E-state index in [0.29, 0.717) is 12.1 Å². The highest BCUT2D eigenvalue weighted by atomic mass is 16.2. The van der Waals surface area contributed by atoms with E-state index in [-0.39, 0.29) is 17.7 Å². The summed E-state index contributed by atoms with van der Waals surface area (Å²) in [5, 5.41) is 0. The maximum atomic E-state index is 12.7. The van der Waals surface area contributed by atoms with Crippen molar-refractivity contribution < 1.29 is 9.59 Å². The number of hydrogen-bond donors (Lipinski definition) is 0. The minimum absolute atomic E-state index is 0.0561. The van der Waals surface area contributed by atoms with Crippen LogP contribution in [-0.2, 0) is 4.79 Å². The zero-order valence-corrected chi connectivity index (χ0v) is 16.8. The highest BCUT2D eigenvalue weighted by molar-refractivity contribution is 5.95. The minimum Gasteiger partial charge on any atom is -0.348 e. The Morgan fingerprint density at radius 1 is 1.15 bits per heavy atom. The van der Waals surface area contributed by atoms with Crippen LogP contribution in [0.25, 0.3) is 0 Å². The van der Waals surface area contributed by atoms with E-state index in [4.69, 9.17) is 0 Å². The Kier molecular flexibility index (Phi) is 6.42. The van der Waals surface area contributed by atoms with Gasteiger partial charge in [-0.1, -0.05) is 0 Å². The lowest BCUT2D eigenvalue weighted by Gasteiger charge is -2.32. The van der Waals surface area contributed by atoms with Crippen LogP contribution in [0.5, 0.6) is 0 Å². The van der Waals surface area contributed by atoms with Crippen molar-refractivity contribution in [2.75, 3.05) is 46.8 Å². The van der Waals surface area contributed by atoms with Gasteiger partial charge in [-0.15, -0.1) is 0 Å². The van der Waals surface area contributed by atoms with Gasteiger partial charge in [0.1, 0.15) is 5.82 Å². The molecule has 2 aliphatic heterocycles. The molecule has 0 N–H and O–H groups in total. The largest absolute Gasteiger partial charge is 0.348 e. The van der Waals surface area contributed by atoms with E-state index in [9.17, 15) is 9.59 Å². The first-order chi connectivity index (χ1) is 13.0. The molecule has 1 atom stereocenters. The summed E-state index contributed by atoms with van der Waals surface area (Å²) in [6.07, 6.45) is 7.11. The van der Waals surface area contributed by atoms with Gasteiger partial charge in [0.15, 0.2) is 0 Å². The van der Waals surface area contributed by atoms with Gasteiger partial charge in [0, 0.05) is 45.8 Å². The molecule has 2 saturated heterocycles. The Morgan fingerprint density at radius 2 is 1.89 bits per heavy atom. The SMILES string of the molecule is Cc1nc(C2CCCN(CC(=O)N(C)C)C2)ncc1C(=O)N1CCCCC1. The number of likely N-dealkylation sites (tertiary alicyclic amines) is 2. The maximum absolute atomic E-state index is 12.7. The van der Waals surface area contributed by atoms with Crippen molar-refractivity contribution in [3.63, 3.8) is 0 Å². The summed E-state index contributed by atoms with van der Waals surface area (Å²) in [6, 6.07) is 0. The summed E-state index contributed by atoms with van der Waals surface area (Å²) in [7, 11) is 3.57. The third-order valence-corrected chi connectivity index (χ3v) is 5.60. The number of likely N-dealkylation sites (N-methyl/N-ethyl adjacent to an activating group) is 1. The molecule has 7 heteroatoms. The lowest BCUT2D eigenvalue weighted by molar-refractivity contribution is -0.130. The molecule has 7 nitrogen and oxygen atoms in total. The zero-order chi connectivity index (χ0) is 19.4. The Balaban J connectivity index is 1.67. The first-order valence-electron chi connectivity index (χ1n) is 10.0. The average molecular weight is 374 g/mol. The lowest BCUT2D eigenvalue weighted by atomic mass is 9.96. The molecule has 3 heterocycles. The Bertz CT molecular complexity index is 685. The summed E-state index contributed by atoms with van der Waals surface area (Å²) >= 11 is 0. The van der Waals surface area contributed by atoms with Gasteiger partial charge >= 0.3 is 0 Å². The van der Waals surface area contributed by atoms with E-state index < -0.39 is 0 Å². The molecule has 0 saturated carbocycles. The van der Waals surface area contributed by atoms with Crippen molar-refractivity contribution in [3.8, 4) is 0 Å². The molecule has 2 aliphatic rings. The van der Waals surface area contributed by atoms with E-state index >= 15 is 0 Å². The number of aromatic nitrogens is 2. The van der Waals surface area contributed by atoms with Crippen molar-refractivity contribution in [2.45, 2.75) is 44.9 Å².